The van der Waals surface area contributed by atoms with E-state index in [4.69, 9.17) is 4.98 Å². The summed E-state index contributed by atoms with van der Waals surface area (Å²) in [7, 11) is 0. The van der Waals surface area contributed by atoms with Crippen molar-refractivity contribution in [1.82, 2.24) is 9.38 Å². The zero-order valence-corrected chi connectivity index (χ0v) is 23.8. The van der Waals surface area contributed by atoms with E-state index in [0.29, 0.717) is 0 Å². The Balaban J connectivity index is 1.33. The van der Waals surface area contributed by atoms with E-state index in [1.165, 1.54) is 65.8 Å². The summed E-state index contributed by atoms with van der Waals surface area (Å²) in [5.74, 6) is 0. The Bertz CT molecular complexity index is 2340. The maximum Gasteiger partial charge on any atom is 0.147 e. The molecule has 0 amide bonds. The first kappa shape index (κ1) is 24.6. The number of hydrogen-bond acceptors (Lipinski definition) is 1. The lowest BCUT2D eigenvalue weighted by Gasteiger charge is -2.13. The highest BCUT2D eigenvalue weighted by atomic mass is 15.0. The van der Waals surface area contributed by atoms with E-state index in [-0.39, 0.29) is 0 Å². The third kappa shape index (κ3) is 3.76. The molecule has 0 saturated heterocycles. The van der Waals surface area contributed by atoms with Crippen molar-refractivity contribution in [2.24, 2.45) is 0 Å². The summed E-state index contributed by atoms with van der Waals surface area (Å²) < 4.78 is 2.34. The fourth-order valence-electron chi connectivity index (χ4n) is 6.59. The summed E-state index contributed by atoms with van der Waals surface area (Å²) in [6, 6.07) is 44.3. The van der Waals surface area contributed by atoms with Crippen molar-refractivity contribution in [3.63, 3.8) is 0 Å². The number of fused-ring (bicyclic) bond motifs is 10. The zero-order chi connectivity index (χ0) is 28.2. The molecular formula is C40H30N2. The van der Waals surface area contributed by atoms with Gasteiger partial charge in [0.25, 0.3) is 0 Å². The second-order valence-corrected chi connectivity index (χ2v) is 11.0. The van der Waals surface area contributed by atoms with E-state index in [2.05, 4.69) is 152 Å². The third-order valence-electron chi connectivity index (χ3n) is 8.67. The lowest BCUT2D eigenvalue weighted by atomic mass is 9.94. The van der Waals surface area contributed by atoms with Crippen molar-refractivity contribution in [2.75, 3.05) is 0 Å². The molecule has 0 aliphatic rings. The Morgan fingerprint density at radius 1 is 0.619 bits per heavy atom. The molecule has 2 heterocycles. The largest absolute Gasteiger partial charge is 0.292 e. The number of para-hydroxylation sites is 2. The molecule has 0 unspecified atom stereocenters. The Hall–Kier alpha value is -5.21. The fourth-order valence-corrected chi connectivity index (χ4v) is 6.59. The first-order valence-electron chi connectivity index (χ1n) is 14.7. The summed E-state index contributed by atoms with van der Waals surface area (Å²) >= 11 is 0. The number of allylic oxidation sites excluding steroid dienone is 1. The number of aryl methyl sites for hydroxylation is 1. The molecule has 0 spiro atoms. The number of hydrogen-bond donors (Lipinski definition) is 0. The number of aromatic nitrogens is 2. The monoisotopic (exact) mass is 538 g/mol. The van der Waals surface area contributed by atoms with Crippen molar-refractivity contribution in [3.05, 3.63) is 139 Å². The summed E-state index contributed by atoms with van der Waals surface area (Å²) in [5.41, 5.74) is 11.9. The molecule has 2 aromatic heterocycles. The van der Waals surface area contributed by atoms with Crippen molar-refractivity contribution >= 4 is 55.2 Å². The van der Waals surface area contributed by atoms with Crippen LogP contribution < -0.4 is 0 Å². The van der Waals surface area contributed by atoms with Gasteiger partial charge in [-0.05, 0) is 93.2 Å². The molecule has 0 radical (unpaired) electrons. The van der Waals surface area contributed by atoms with Crippen LogP contribution in [0.3, 0.4) is 0 Å². The summed E-state index contributed by atoms with van der Waals surface area (Å²) in [6.45, 7) is 4.29. The van der Waals surface area contributed by atoms with Crippen LogP contribution >= 0.6 is 0 Å². The number of pyridine rings is 1. The van der Waals surface area contributed by atoms with Gasteiger partial charge in [-0.2, -0.15) is 0 Å². The highest BCUT2D eigenvalue weighted by molar-refractivity contribution is 6.23. The lowest BCUT2D eigenvalue weighted by Crippen LogP contribution is -1.93. The van der Waals surface area contributed by atoms with Crippen LogP contribution in [0.4, 0.5) is 0 Å². The van der Waals surface area contributed by atoms with Crippen LogP contribution in [0.25, 0.3) is 77.5 Å². The van der Waals surface area contributed by atoms with Crippen LogP contribution in [-0.2, 0) is 6.42 Å². The number of benzene rings is 6. The van der Waals surface area contributed by atoms with Gasteiger partial charge >= 0.3 is 0 Å². The molecule has 0 aliphatic heterocycles. The minimum atomic E-state index is 1.01. The van der Waals surface area contributed by atoms with E-state index in [1.807, 2.05) is 0 Å². The average molecular weight is 539 g/mol. The summed E-state index contributed by atoms with van der Waals surface area (Å²) in [6.07, 6.45) is 5.36. The highest BCUT2D eigenvalue weighted by Crippen LogP contribution is 2.38. The Labute approximate surface area is 245 Å². The van der Waals surface area contributed by atoms with Crippen molar-refractivity contribution in [1.29, 1.82) is 0 Å². The minimum absolute atomic E-state index is 1.01. The maximum atomic E-state index is 5.15. The van der Waals surface area contributed by atoms with Gasteiger partial charge in [0.15, 0.2) is 0 Å². The van der Waals surface area contributed by atoms with Crippen molar-refractivity contribution in [2.45, 2.75) is 20.3 Å². The fraction of sp³-hybridized carbons (Fsp3) is 0.0750. The van der Waals surface area contributed by atoms with Gasteiger partial charge in [-0.25, -0.2) is 4.98 Å². The molecule has 6 aromatic carbocycles. The Morgan fingerprint density at radius 2 is 1.33 bits per heavy atom. The van der Waals surface area contributed by atoms with Crippen LogP contribution in [0.15, 0.2) is 127 Å². The van der Waals surface area contributed by atoms with Crippen LogP contribution in [0.2, 0.25) is 0 Å². The third-order valence-corrected chi connectivity index (χ3v) is 8.67. The van der Waals surface area contributed by atoms with Gasteiger partial charge in [-0.3, -0.25) is 4.40 Å². The van der Waals surface area contributed by atoms with E-state index in [1.54, 1.807) is 0 Å². The van der Waals surface area contributed by atoms with Gasteiger partial charge in [0.1, 0.15) is 5.65 Å². The van der Waals surface area contributed by atoms with Gasteiger partial charge in [-0.1, -0.05) is 110 Å². The predicted molar refractivity (Wildman–Crippen MR) is 180 cm³/mol. The molecule has 0 fully saturated rings. The number of nitrogens with zero attached hydrogens (tertiary/aromatic N) is 2. The quantitative estimate of drug-likeness (QED) is 0.204. The normalized spacial score (nSPS) is 12.0. The van der Waals surface area contributed by atoms with Gasteiger partial charge in [-0.15, -0.1) is 0 Å². The van der Waals surface area contributed by atoms with Gasteiger partial charge in [0.2, 0.25) is 0 Å². The number of rotatable bonds is 4. The average Bonchev–Trinajstić information content (AvgIpc) is 3.44. The molecule has 42 heavy (non-hydrogen) atoms. The zero-order valence-electron chi connectivity index (χ0n) is 23.8. The topological polar surface area (TPSA) is 17.3 Å². The van der Waals surface area contributed by atoms with Crippen LogP contribution in [0.5, 0.6) is 0 Å². The first-order chi connectivity index (χ1) is 20.7. The predicted octanol–water partition coefficient (Wildman–Crippen LogP) is 10.9. The Morgan fingerprint density at radius 3 is 2.14 bits per heavy atom. The first-order valence-corrected chi connectivity index (χ1v) is 14.7. The SMILES string of the molecule is C/C=C\c1cc(-c2ccc(-c3ccc4c(c3)c3ccc5ccccc5c3c3nc5ccccc5n43)cc2)ccc1CC. The molecular weight excluding hydrogens is 508 g/mol. The van der Waals surface area contributed by atoms with Crippen molar-refractivity contribution in [3.8, 4) is 22.3 Å². The van der Waals surface area contributed by atoms with Crippen LogP contribution in [0, 0.1) is 0 Å². The van der Waals surface area contributed by atoms with Gasteiger partial charge in [0.05, 0.1) is 16.6 Å². The molecule has 0 bridgehead atoms. The van der Waals surface area contributed by atoms with Crippen molar-refractivity contribution < 1.29 is 0 Å². The minimum Gasteiger partial charge on any atom is -0.292 e. The van der Waals surface area contributed by atoms with Gasteiger partial charge in [0, 0.05) is 10.8 Å². The second-order valence-electron chi connectivity index (χ2n) is 11.0. The molecule has 8 aromatic rings. The molecule has 0 N–H and O–H groups in total. The highest BCUT2D eigenvalue weighted by Gasteiger charge is 2.16. The van der Waals surface area contributed by atoms with E-state index >= 15 is 0 Å². The Kier molecular flexibility index (Phi) is 5.68. The number of imidazole rings is 1. The molecule has 8 rings (SSSR count). The molecule has 2 nitrogen and oxygen atoms in total. The van der Waals surface area contributed by atoms with Crippen LogP contribution in [-0.4, -0.2) is 9.38 Å². The lowest BCUT2D eigenvalue weighted by molar-refractivity contribution is 1.13. The van der Waals surface area contributed by atoms with E-state index in [9.17, 15) is 0 Å². The molecule has 200 valence electrons. The maximum absolute atomic E-state index is 5.15. The standard InChI is InChI=1S/C40H30N2/c1-3-9-30-24-31(19-14-26(30)4-2)27-15-17-28(18-16-27)32-21-23-37-35(25-32)34-22-20-29-10-5-6-11-33(29)39(34)40-41-36-12-7-8-13-38(36)42(37)40/h3,5-25H,4H2,1-2H3/b9-3-. The molecule has 0 atom stereocenters. The van der Waals surface area contributed by atoms with Gasteiger partial charge < -0.3 is 0 Å². The summed E-state index contributed by atoms with van der Waals surface area (Å²) in [5, 5.41) is 6.14. The molecule has 0 saturated carbocycles. The van der Waals surface area contributed by atoms with E-state index < -0.39 is 0 Å². The molecule has 2 heteroatoms. The van der Waals surface area contributed by atoms with Crippen LogP contribution in [0.1, 0.15) is 25.0 Å². The summed E-state index contributed by atoms with van der Waals surface area (Å²) in [4.78, 5) is 5.15. The van der Waals surface area contributed by atoms with E-state index in [0.717, 1.165) is 23.1 Å². The second kappa shape index (κ2) is 9.71. The molecule has 0 aliphatic carbocycles. The smallest absolute Gasteiger partial charge is 0.147 e.